The number of fused-ring (bicyclic) bond motifs is 1. The lowest BCUT2D eigenvalue weighted by atomic mass is 9.83. The Morgan fingerprint density at radius 2 is 1.76 bits per heavy atom. The van der Waals surface area contributed by atoms with Gasteiger partial charge < -0.3 is 10.1 Å². The van der Waals surface area contributed by atoms with Crippen LogP contribution < -0.4 is 10.1 Å². The number of hydrogen-bond donors (Lipinski definition) is 1. The number of ether oxygens (including phenoxy) is 1. The molecule has 0 aromatic heterocycles. The highest BCUT2D eigenvalue weighted by Crippen LogP contribution is 2.42. The summed E-state index contributed by atoms with van der Waals surface area (Å²) in [5, 5.41) is 14.5. The maximum atomic E-state index is 13.7. The predicted octanol–water partition coefficient (Wildman–Crippen LogP) is 6.33. The van der Waals surface area contributed by atoms with Crippen LogP contribution in [-0.4, -0.2) is 16.4 Å². The average Bonchev–Trinajstić information content (AvgIpc) is 2.87. The topological polar surface area (TPSA) is 81.5 Å². The van der Waals surface area contributed by atoms with Gasteiger partial charge in [-0.15, -0.1) is 0 Å². The minimum Gasteiger partial charge on any atom is -0.487 e. The molecule has 174 valence electrons. The van der Waals surface area contributed by atoms with E-state index in [0.29, 0.717) is 17.6 Å². The molecule has 0 bridgehead atoms. The van der Waals surface area contributed by atoms with Crippen molar-refractivity contribution in [2.45, 2.75) is 44.8 Å². The monoisotopic (exact) mass is 456 g/mol. The number of carbonyl (C=O) groups is 1. The SMILES string of the molecule is CCC1(CC)CC(NC(=O)/C(=C/c2cccc([N+](=O)[O-])c2)c2ccccc2)c2ccccc2O1. The van der Waals surface area contributed by atoms with E-state index in [9.17, 15) is 14.9 Å². The lowest BCUT2D eigenvalue weighted by Crippen LogP contribution is -2.44. The van der Waals surface area contributed by atoms with Crippen LogP contribution >= 0.6 is 0 Å². The molecule has 0 aliphatic carbocycles. The number of hydrogen-bond acceptors (Lipinski definition) is 4. The second-order valence-corrected chi connectivity index (χ2v) is 8.54. The Hall–Kier alpha value is -3.93. The molecule has 1 atom stereocenters. The number of amides is 1. The van der Waals surface area contributed by atoms with Crippen LogP contribution in [0.4, 0.5) is 5.69 Å². The van der Waals surface area contributed by atoms with Crippen molar-refractivity contribution in [3.05, 3.63) is 106 Å². The Bertz CT molecular complexity index is 1220. The molecule has 1 aliphatic heterocycles. The van der Waals surface area contributed by atoms with Crippen LogP contribution in [0.3, 0.4) is 0 Å². The molecule has 1 unspecified atom stereocenters. The van der Waals surface area contributed by atoms with Gasteiger partial charge in [0.2, 0.25) is 0 Å². The van der Waals surface area contributed by atoms with Gasteiger partial charge in [-0.1, -0.05) is 74.5 Å². The van der Waals surface area contributed by atoms with Gasteiger partial charge in [-0.25, -0.2) is 0 Å². The highest BCUT2D eigenvalue weighted by atomic mass is 16.6. The van der Waals surface area contributed by atoms with Gasteiger partial charge in [-0.2, -0.15) is 0 Å². The van der Waals surface area contributed by atoms with Crippen molar-refractivity contribution in [1.82, 2.24) is 5.32 Å². The fraction of sp³-hybridized carbons (Fsp3) is 0.250. The third-order valence-corrected chi connectivity index (χ3v) is 6.51. The van der Waals surface area contributed by atoms with Crippen molar-refractivity contribution in [3.8, 4) is 5.75 Å². The van der Waals surface area contributed by atoms with Crippen LogP contribution in [0.1, 0.15) is 55.8 Å². The van der Waals surface area contributed by atoms with Gasteiger partial charge in [0.1, 0.15) is 11.4 Å². The van der Waals surface area contributed by atoms with E-state index in [-0.39, 0.29) is 23.2 Å². The first-order valence-electron chi connectivity index (χ1n) is 11.5. The zero-order chi connectivity index (χ0) is 24.1. The van der Waals surface area contributed by atoms with Crippen LogP contribution in [0.5, 0.6) is 5.75 Å². The maximum Gasteiger partial charge on any atom is 0.270 e. The standard InChI is InChI=1S/C28H28N2O4/c1-3-28(4-2)19-25(23-15-8-9-16-26(23)34-28)29-27(31)24(21-12-6-5-7-13-21)18-20-11-10-14-22(17-20)30(32)33/h5-18,25H,3-4,19H2,1-2H3,(H,29,31)/b24-18+. The van der Waals surface area contributed by atoms with Crippen molar-refractivity contribution in [3.63, 3.8) is 0 Å². The molecule has 1 heterocycles. The van der Waals surface area contributed by atoms with Gasteiger partial charge >= 0.3 is 0 Å². The number of para-hydroxylation sites is 1. The molecule has 0 spiro atoms. The first kappa shape index (κ1) is 23.2. The number of benzene rings is 3. The molecule has 1 aliphatic rings. The number of rotatable bonds is 7. The highest BCUT2D eigenvalue weighted by Gasteiger charge is 2.39. The van der Waals surface area contributed by atoms with E-state index in [4.69, 9.17) is 4.74 Å². The molecule has 3 aromatic rings. The third-order valence-electron chi connectivity index (χ3n) is 6.51. The van der Waals surface area contributed by atoms with E-state index < -0.39 is 4.92 Å². The minimum absolute atomic E-state index is 0.0180. The summed E-state index contributed by atoms with van der Waals surface area (Å²) in [7, 11) is 0. The fourth-order valence-corrected chi connectivity index (χ4v) is 4.46. The van der Waals surface area contributed by atoms with E-state index in [0.717, 1.165) is 29.7 Å². The van der Waals surface area contributed by atoms with Crippen molar-refractivity contribution >= 4 is 23.2 Å². The molecule has 1 N–H and O–H groups in total. The van der Waals surface area contributed by atoms with E-state index in [1.54, 1.807) is 18.2 Å². The van der Waals surface area contributed by atoms with Crippen molar-refractivity contribution in [2.75, 3.05) is 0 Å². The highest BCUT2D eigenvalue weighted by molar-refractivity contribution is 6.24. The normalized spacial score (nSPS) is 16.8. The van der Waals surface area contributed by atoms with E-state index in [2.05, 4.69) is 19.2 Å². The quantitative estimate of drug-likeness (QED) is 0.195. The molecule has 6 nitrogen and oxygen atoms in total. The molecular formula is C28H28N2O4. The smallest absolute Gasteiger partial charge is 0.270 e. The summed E-state index contributed by atoms with van der Waals surface area (Å²) in [4.78, 5) is 24.5. The molecule has 6 heteroatoms. The van der Waals surface area contributed by atoms with Crippen LogP contribution in [0.2, 0.25) is 0 Å². The number of nitrogens with one attached hydrogen (secondary N) is 1. The van der Waals surface area contributed by atoms with E-state index in [1.807, 2.05) is 54.6 Å². The Kier molecular flexibility index (Phi) is 6.77. The number of nitro benzene ring substituents is 1. The van der Waals surface area contributed by atoms with Crippen LogP contribution in [0.25, 0.3) is 11.6 Å². The van der Waals surface area contributed by atoms with Crippen molar-refractivity contribution in [2.24, 2.45) is 0 Å². The zero-order valence-electron chi connectivity index (χ0n) is 19.4. The van der Waals surface area contributed by atoms with Gasteiger partial charge in [0, 0.05) is 29.7 Å². The summed E-state index contributed by atoms with van der Waals surface area (Å²) in [5.41, 5.74) is 2.37. The summed E-state index contributed by atoms with van der Waals surface area (Å²) < 4.78 is 6.38. The summed E-state index contributed by atoms with van der Waals surface area (Å²) in [6, 6.07) is 23.3. The number of nitro groups is 1. The van der Waals surface area contributed by atoms with Gasteiger partial charge in [0.25, 0.3) is 11.6 Å². The lowest BCUT2D eigenvalue weighted by molar-refractivity contribution is -0.384. The molecular weight excluding hydrogens is 428 g/mol. The van der Waals surface area contributed by atoms with E-state index in [1.165, 1.54) is 12.1 Å². The van der Waals surface area contributed by atoms with Crippen molar-refractivity contribution in [1.29, 1.82) is 0 Å². The van der Waals surface area contributed by atoms with Gasteiger partial charge in [0.05, 0.1) is 11.0 Å². The van der Waals surface area contributed by atoms with Gasteiger partial charge in [0.15, 0.2) is 0 Å². The van der Waals surface area contributed by atoms with Gasteiger partial charge in [-0.3, -0.25) is 14.9 Å². The summed E-state index contributed by atoms with van der Waals surface area (Å²) in [6.07, 6.45) is 4.04. The Labute approximate surface area is 199 Å². The summed E-state index contributed by atoms with van der Waals surface area (Å²) in [5.74, 6) is 0.562. The second kappa shape index (κ2) is 9.91. The molecule has 0 radical (unpaired) electrons. The lowest BCUT2D eigenvalue weighted by Gasteiger charge is -2.41. The van der Waals surface area contributed by atoms with E-state index >= 15 is 0 Å². The molecule has 1 amide bonds. The first-order valence-corrected chi connectivity index (χ1v) is 11.5. The van der Waals surface area contributed by atoms with Crippen LogP contribution in [0.15, 0.2) is 78.9 Å². The second-order valence-electron chi connectivity index (χ2n) is 8.54. The maximum absolute atomic E-state index is 13.7. The van der Waals surface area contributed by atoms with Gasteiger partial charge in [-0.05, 0) is 36.1 Å². The molecule has 0 saturated heterocycles. The molecule has 34 heavy (non-hydrogen) atoms. The zero-order valence-corrected chi connectivity index (χ0v) is 19.4. The Balaban J connectivity index is 1.72. The molecule has 0 fully saturated rings. The Morgan fingerprint density at radius 1 is 1.06 bits per heavy atom. The molecule has 3 aromatic carbocycles. The van der Waals surface area contributed by atoms with Crippen molar-refractivity contribution < 1.29 is 14.5 Å². The largest absolute Gasteiger partial charge is 0.487 e. The average molecular weight is 457 g/mol. The number of carbonyl (C=O) groups excluding carboxylic acids is 1. The summed E-state index contributed by atoms with van der Waals surface area (Å²) >= 11 is 0. The Morgan fingerprint density at radius 3 is 2.47 bits per heavy atom. The number of non-ortho nitro benzene ring substituents is 1. The first-order chi connectivity index (χ1) is 16.4. The van der Waals surface area contributed by atoms with Crippen LogP contribution in [-0.2, 0) is 4.79 Å². The minimum atomic E-state index is -0.437. The number of nitrogens with zero attached hydrogens (tertiary/aromatic N) is 1. The third kappa shape index (κ3) is 4.86. The predicted molar refractivity (Wildman–Crippen MR) is 133 cm³/mol. The molecule has 0 saturated carbocycles. The molecule has 4 rings (SSSR count). The van der Waals surface area contributed by atoms with Crippen LogP contribution in [0, 0.1) is 10.1 Å². The summed E-state index contributed by atoms with van der Waals surface area (Å²) in [6.45, 7) is 4.21. The fourth-order valence-electron chi connectivity index (χ4n) is 4.46.